The number of carbonyl (C=O) groups is 3. The summed E-state index contributed by atoms with van der Waals surface area (Å²) >= 11 is 0. The van der Waals surface area contributed by atoms with Crippen molar-refractivity contribution in [3.05, 3.63) is 18.5 Å². The number of amides is 4. The van der Waals surface area contributed by atoms with Crippen LogP contribution in [0.2, 0.25) is 0 Å². The summed E-state index contributed by atoms with van der Waals surface area (Å²) in [6.07, 6.45) is 5.61. The van der Waals surface area contributed by atoms with E-state index in [9.17, 15) is 14.4 Å². The molecule has 2 aliphatic heterocycles. The molecule has 4 amide bonds. The number of aromatic nitrogens is 1. The van der Waals surface area contributed by atoms with Crippen LogP contribution in [0.5, 0.6) is 5.75 Å². The molecule has 1 aromatic heterocycles. The summed E-state index contributed by atoms with van der Waals surface area (Å²) in [5, 5.41) is 5.18. The number of nitrogens with zero attached hydrogens (tertiary/aromatic N) is 3. The van der Waals surface area contributed by atoms with Gasteiger partial charge in [-0.3, -0.25) is 19.9 Å². The molecule has 30 heavy (non-hydrogen) atoms. The maximum absolute atomic E-state index is 13.2. The van der Waals surface area contributed by atoms with Gasteiger partial charge in [0.1, 0.15) is 11.3 Å². The molecule has 2 saturated heterocycles. The van der Waals surface area contributed by atoms with Crippen LogP contribution in [-0.2, 0) is 9.59 Å². The molecule has 0 aromatic carbocycles. The number of anilines is 1. The van der Waals surface area contributed by atoms with Crippen LogP contribution in [0, 0.1) is 11.8 Å². The molecule has 3 heterocycles. The molecule has 4 rings (SSSR count). The van der Waals surface area contributed by atoms with E-state index in [1.54, 1.807) is 19.5 Å². The number of pyridine rings is 1. The van der Waals surface area contributed by atoms with Gasteiger partial charge in [0.2, 0.25) is 5.91 Å². The highest BCUT2D eigenvalue weighted by Gasteiger charge is 2.56. The second-order valence-electron chi connectivity index (χ2n) is 8.67. The highest BCUT2D eigenvalue weighted by atomic mass is 16.5. The van der Waals surface area contributed by atoms with Crippen LogP contribution in [0.15, 0.2) is 18.5 Å². The molecule has 3 fully saturated rings. The summed E-state index contributed by atoms with van der Waals surface area (Å²) in [5.74, 6) is 0.203. The topological polar surface area (TPSA) is 104 Å². The number of ether oxygens (including phenoxy) is 1. The van der Waals surface area contributed by atoms with Crippen molar-refractivity contribution in [1.82, 2.24) is 20.5 Å². The van der Waals surface area contributed by atoms with E-state index in [4.69, 9.17) is 4.74 Å². The second kappa shape index (κ2) is 7.77. The van der Waals surface area contributed by atoms with Crippen molar-refractivity contribution in [1.29, 1.82) is 0 Å². The molecule has 0 radical (unpaired) electrons. The standard InChI is InChI=1S/C21H29N5O4/c1-13(9-21(15-4-5-15)19(28)23-20(29)24-21)18(27)25-6-7-26(14(2)12-25)16-8-17(30-3)11-22-10-16/h8,10-11,13-15H,4-7,9,12H2,1-3H3,(H2,23,24,28,29)/t13?,14-,21?/m0/s1. The lowest BCUT2D eigenvalue weighted by molar-refractivity contribution is -0.137. The zero-order valence-electron chi connectivity index (χ0n) is 17.7. The van der Waals surface area contributed by atoms with Gasteiger partial charge < -0.3 is 19.9 Å². The Hall–Kier alpha value is -2.84. The van der Waals surface area contributed by atoms with E-state index >= 15 is 0 Å². The highest BCUT2D eigenvalue weighted by Crippen LogP contribution is 2.44. The average Bonchev–Trinajstić information content (AvgIpc) is 3.54. The van der Waals surface area contributed by atoms with Crippen molar-refractivity contribution < 1.29 is 19.1 Å². The van der Waals surface area contributed by atoms with Gasteiger partial charge in [-0.2, -0.15) is 0 Å². The summed E-state index contributed by atoms with van der Waals surface area (Å²) in [6, 6.07) is 1.61. The number of nitrogens with one attached hydrogen (secondary N) is 2. The number of rotatable bonds is 6. The third-order valence-electron chi connectivity index (χ3n) is 6.50. The predicted molar refractivity (Wildman–Crippen MR) is 110 cm³/mol. The summed E-state index contributed by atoms with van der Waals surface area (Å²) in [6.45, 7) is 5.82. The van der Waals surface area contributed by atoms with Crippen LogP contribution in [0.4, 0.5) is 10.5 Å². The quantitative estimate of drug-likeness (QED) is 0.676. The average molecular weight is 415 g/mol. The molecule has 0 spiro atoms. The van der Waals surface area contributed by atoms with Crippen LogP contribution in [0.3, 0.4) is 0 Å². The molecule has 2 N–H and O–H groups in total. The van der Waals surface area contributed by atoms with Crippen LogP contribution in [0.25, 0.3) is 0 Å². The number of urea groups is 1. The van der Waals surface area contributed by atoms with Crippen molar-refractivity contribution >= 4 is 23.5 Å². The van der Waals surface area contributed by atoms with Crippen molar-refractivity contribution in [3.63, 3.8) is 0 Å². The van der Waals surface area contributed by atoms with Gasteiger partial charge in [0, 0.05) is 37.7 Å². The molecule has 1 aliphatic carbocycles. The minimum absolute atomic E-state index is 0.0271. The monoisotopic (exact) mass is 415 g/mol. The Morgan fingerprint density at radius 2 is 2.10 bits per heavy atom. The number of imide groups is 1. The van der Waals surface area contributed by atoms with E-state index in [0.29, 0.717) is 31.8 Å². The summed E-state index contributed by atoms with van der Waals surface area (Å²) < 4.78 is 5.27. The van der Waals surface area contributed by atoms with Gasteiger partial charge in [0.15, 0.2) is 0 Å². The number of methoxy groups -OCH3 is 1. The number of hydrogen-bond donors (Lipinski definition) is 2. The lowest BCUT2D eigenvalue weighted by Crippen LogP contribution is -2.56. The molecule has 9 nitrogen and oxygen atoms in total. The van der Waals surface area contributed by atoms with Gasteiger partial charge in [0.05, 0.1) is 25.2 Å². The molecule has 2 unspecified atom stereocenters. The Labute approximate surface area is 176 Å². The van der Waals surface area contributed by atoms with Crippen LogP contribution in [0.1, 0.15) is 33.1 Å². The first kappa shape index (κ1) is 20.4. The van der Waals surface area contributed by atoms with Crippen LogP contribution in [-0.4, -0.2) is 66.1 Å². The first-order valence-corrected chi connectivity index (χ1v) is 10.5. The van der Waals surface area contributed by atoms with E-state index in [0.717, 1.165) is 18.5 Å². The highest BCUT2D eigenvalue weighted by molar-refractivity contribution is 6.07. The Morgan fingerprint density at radius 1 is 1.33 bits per heavy atom. The Morgan fingerprint density at radius 3 is 2.70 bits per heavy atom. The third-order valence-corrected chi connectivity index (χ3v) is 6.50. The van der Waals surface area contributed by atoms with Crippen molar-refractivity contribution in [2.24, 2.45) is 11.8 Å². The van der Waals surface area contributed by atoms with Gasteiger partial charge in [-0.25, -0.2) is 4.79 Å². The second-order valence-corrected chi connectivity index (χ2v) is 8.67. The molecular formula is C21H29N5O4. The zero-order valence-corrected chi connectivity index (χ0v) is 17.7. The first-order valence-electron chi connectivity index (χ1n) is 10.5. The van der Waals surface area contributed by atoms with Crippen LogP contribution >= 0.6 is 0 Å². The van der Waals surface area contributed by atoms with E-state index in [1.807, 2.05) is 17.9 Å². The zero-order chi connectivity index (χ0) is 21.5. The number of piperazine rings is 1. The molecule has 0 bridgehead atoms. The lowest BCUT2D eigenvalue weighted by atomic mass is 9.83. The first-order chi connectivity index (χ1) is 14.3. The van der Waals surface area contributed by atoms with Gasteiger partial charge in [-0.1, -0.05) is 6.92 Å². The van der Waals surface area contributed by atoms with E-state index in [1.165, 1.54) is 0 Å². The molecule has 1 aromatic rings. The Bertz CT molecular complexity index is 858. The number of hydrogen-bond acceptors (Lipinski definition) is 6. The predicted octanol–water partition coefficient (Wildman–Crippen LogP) is 1.14. The fourth-order valence-corrected chi connectivity index (χ4v) is 4.78. The van der Waals surface area contributed by atoms with E-state index in [-0.39, 0.29) is 29.7 Å². The fourth-order valence-electron chi connectivity index (χ4n) is 4.78. The van der Waals surface area contributed by atoms with Crippen molar-refractivity contribution in [3.8, 4) is 5.75 Å². The SMILES string of the molecule is COc1cncc(N2CCN(C(=O)C(C)CC3(C4CC4)NC(=O)NC3=O)C[C@@H]2C)c1. The largest absolute Gasteiger partial charge is 0.495 e. The summed E-state index contributed by atoms with van der Waals surface area (Å²) in [4.78, 5) is 45.7. The maximum atomic E-state index is 13.2. The van der Waals surface area contributed by atoms with Gasteiger partial charge in [-0.05, 0) is 32.1 Å². The minimum Gasteiger partial charge on any atom is -0.495 e. The Kier molecular flexibility index (Phi) is 5.29. The molecule has 3 atom stereocenters. The van der Waals surface area contributed by atoms with Gasteiger partial charge >= 0.3 is 6.03 Å². The van der Waals surface area contributed by atoms with Crippen LogP contribution < -0.4 is 20.3 Å². The number of carbonyl (C=O) groups excluding carboxylic acids is 3. The smallest absolute Gasteiger partial charge is 0.322 e. The van der Waals surface area contributed by atoms with Gasteiger partial charge in [0.25, 0.3) is 5.91 Å². The van der Waals surface area contributed by atoms with Crippen molar-refractivity contribution in [2.75, 3.05) is 31.6 Å². The normalized spacial score (nSPS) is 27.5. The lowest BCUT2D eigenvalue weighted by Gasteiger charge is -2.42. The molecular weight excluding hydrogens is 386 g/mol. The maximum Gasteiger partial charge on any atom is 0.322 e. The Balaban J connectivity index is 1.41. The van der Waals surface area contributed by atoms with Gasteiger partial charge in [-0.15, -0.1) is 0 Å². The van der Waals surface area contributed by atoms with Crippen molar-refractivity contribution in [2.45, 2.75) is 44.7 Å². The fraction of sp³-hybridized carbons (Fsp3) is 0.619. The molecule has 162 valence electrons. The van der Waals surface area contributed by atoms with E-state index in [2.05, 4.69) is 27.4 Å². The molecule has 3 aliphatic rings. The third kappa shape index (κ3) is 3.68. The molecule has 1 saturated carbocycles. The summed E-state index contributed by atoms with van der Waals surface area (Å²) in [5.41, 5.74) is 0.0336. The van der Waals surface area contributed by atoms with E-state index < -0.39 is 11.6 Å². The minimum atomic E-state index is -0.939. The molecule has 9 heteroatoms. The summed E-state index contributed by atoms with van der Waals surface area (Å²) in [7, 11) is 1.61.